The third kappa shape index (κ3) is 4.49. The molecule has 0 aliphatic heterocycles. The standard InChI is InChI=1S/C13H14F3N5O2/c1-20(7-6-12(22)23)8-11-17-18-19-21(11)10-4-2-9(3-5-10)13(14,15)16/h2-5H,6-8H2,1H3,(H,22,23). The molecule has 7 nitrogen and oxygen atoms in total. The van der Waals surface area contributed by atoms with Gasteiger partial charge in [-0.15, -0.1) is 5.10 Å². The van der Waals surface area contributed by atoms with Crippen LogP contribution in [0.5, 0.6) is 0 Å². The number of carbonyl (C=O) groups is 1. The van der Waals surface area contributed by atoms with Crippen LogP contribution in [0.3, 0.4) is 0 Å². The minimum absolute atomic E-state index is 0.0294. The first-order valence-corrected chi connectivity index (χ1v) is 6.62. The molecule has 0 unspecified atom stereocenters. The van der Waals surface area contributed by atoms with Crippen LogP contribution >= 0.6 is 0 Å². The van der Waals surface area contributed by atoms with Gasteiger partial charge in [-0.05, 0) is 41.7 Å². The molecule has 0 saturated carbocycles. The van der Waals surface area contributed by atoms with Crippen LogP contribution in [0.25, 0.3) is 5.69 Å². The topological polar surface area (TPSA) is 84.1 Å². The number of rotatable bonds is 6. The van der Waals surface area contributed by atoms with E-state index in [1.54, 1.807) is 11.9 Å². The number of hydrogen-bond acceptors (Lipinski definition) is 5. The zero-order chi connectivity index (χ0) is 17.0. The van der Waals surface area contributed by atoms with E-state index in [9.17, 15) is 18.0 Å². The number of tetrazole rings is 1. The molecule has 0 aliphatic carbocycles. The van der Waals surface area contributed by atoms with Gasteiger partial charge in [-0.3, -0.25) is 9.69 Å². The van der Waals surface area contributed by atoms with E-state index in [0.29, 0.717) is 18.1 Å². The van der Waals surface area contributed by atoms with Gasteiger partial charge in [0.2, 0.25) is 0 Å². The Kier molecular flexibility index (Phi) is 4.94. The lowest BCUT2D eigenvalue weighted by molar-refractivity contribution is -0.138. The SMILES string of the molecule is CN(CCC(=O)O)Cc1nnnn1-c1ccc(C(F)(F)F)cc1. The molecule has 1 N–H and O–H groups in total. The molecule has 1 heterocycles. The fourth-order valence-corrected chi connectivity index (χ4v) is 1.90. The molecule has 23 heavy (non-hydrogen) atoms. The fourth-order valence-electron chi connectivity index (χ4n) is 1.90. The van der Waals surface area contributed by atoms with Crippen molar-refractivity contribution < 1.29 is 23.1 Å². The number of carboxylic acid groups (broad SMARTS) is 1. The molecule has 124 valence electrons. The molecule has 0 spiro atoms. The Morgan fingerprint density at radius 3 is 2.52 bits per heavy atom. The lowest BCUT2D eigenvalue weighted by atomic mass is 10.2. The number of halogens is 3. The van der Waals surface area contributed by atoms with Gasteiger partial charge in [0.15, 0.2) is 5.82 Å². The lowest BCUT2D eigenvalue weighted by Crippen LogP contribution is -2.23. The summed E-state index contributed by atoms with van der Waals surface area (Å²) in [6, 6.07) is 4.46. The molecule has 0 bridgehead atoms. The van der Waals surface area contributed by atoms with Crippen molar-refractivity contribution in [2.24, 2.45) is 0 Å². The summed E-state index contributed by atoms with van der Waals surface area (Å²) in [5.41, 5.74) is -0.362. The van der Waals surface area contributed by atoms with Crippen molar-refractivity contribution in [3.8, 4) is 5.69 Å². The van der Waals surface area contributed by atoms with E-state index in [-0.39, 0.29) is 13.0 Å². The average Bonchev–Trinajstić information content (AvgIpc) is 2.92. The van der Waals surface area contributed by atoms with E-state index in [4.69, 9.17) is 5.11 Å². The van der Waals surface area contributed by atoms with Crippen molar-refractivity contribution in [1.82, 2.24) is 25.1 Å². The Labute approximate surface area is 129 Å². The van der Waals surface area contributed by atoms with Crippen molar-refractivity contribution in [3.63, 3.8) is 0 Å². The number of carboxylic acids is 1. The van der Waals surface area contributed by atoms with Gasteiger partial charge < -0.3 is 5.11 Å². The van der Waals surface area contributed by atoms with Crippen LogP contribution in [0.15, 0.2) is 24.3 Å². The number of benzene rings is 1. The fraction of sp³-hybridized carbons (Fsp3) is 0.385. The molecule has 0 fully saturated rings. The number of aromatic nitrogens is 4. The third-order valence-corrected chi connectivity index (χ3v) is 3.09. The van der Waals surface area contributed by atoms with Gasteiger partial charge in [-0.1, -0.05) is 0 Å². The van der Waals surface area contributed by atoms with Gasteiger partial charge in [-0.2, -0.15) is 17.9 Å². The van der Waals surface area contributed by atoms with E-state index in [2.05, 4.69) is 15.5 Å². The van der Waals surface area contributed by atoms with E-state index < -0.39 is 17.7 Å². The Morgan fingerprint density at radius 2 is 1.96 bits per heavy atom. The van der Waals surface area contributed by atoms with Crippen LogP contribution in [-0.2, 0) is 17.5 Å². The Morgan fingerprint density at radius 1 is 1.30 bits per heavy atom. The van der Waals surface area contributed by atoms with Crippen LogP contribution in [0.1, 0.15) is 17.8 Å². The highest BCUT2D eigenvalue weighted by molar-refractivity contribution is 5.66. The maximum atomic E-state index is 12.6. The van der Waals surface area contributed by atoms with Crippen LogP contribution in [-0.4, -0.2) is 49.8 Å². The van der Waals surface area contributed by atoms with Gasteiger partial charge in [0.25, 0.3) is 0 Å². The molecule has 1 aromatic heterocycles. The Balaban J connectivity index is 2.13. The predicted molar refractivity (Wildman–Crippen MR) is 72.7 cm³/mol. The summed E-state index contributed by atoms with van der Waals surface area (Å²) >= 11 is 0. The zero-order valence-corrected chi connectivity index (χ0v) is 12.2. The maximum Gasteiger partial charge on any atom is 0.416 e. The number of hydrogen-bond donors (Lipinski definition) is 1. The summed E-state index contributed by atoms with van der Waals surface area (Å²) in [5.74, 6) is -0.517. The molecule has 0 aliphatic rings. The molecule has 0 radical (unpaired) electrons. The van der Waals surface area contributed by atoms with E-state index in [1.807, 2.05) is 0 Å². The molecule has 10 heteroatoms. The number of aliphatic carboxylic acids is 1. The molecule has 2 rings (SSSR count). The molecule has 0 amide bonds. The second-order valence-corrected chi connectivity index (χ2v) is 4.93. The van der Waals surface area contributed by atoms with Crippen LogP contribution < -0.4 is 0 Å². The molecule has 2 aromatic rings. The van der Waals surface area contributed by atoms with Crippen LogP contribution in [0, 0.1) is 0 Å². The molecule has 1 aromatic carbocycles. The van der Waals surface area contributed by atoms with Gasteiger partial charge in [-0.25, -0.2) is 0 Å². The van der Waals surface area contributed by atoms with Crippen molar-refractivity contribution in [2.45, 2.75) is 19.1 Å². The van der Waals surface area contributed by atoms with Gasteiger partial charge in [0.05, 0.1) is 24.2 Å². The summed E-state index contributed by atoms with van der Waals surface area (Å²) in [5, 5.41) is 19.7. The first-order chi connectivity index (χ1) is 10.8. The van der Waals surface area contributed by atoms with Gasteiger partial charge in [0, 0.05) is 6.54 Å². The van der Waals surface area contributed by atoms with Crippen LogP contribution in [0.4, 0.5) is 13.2 Å². The summed E-state index contributed by atoms with van der Waals surface area (Å²) in [6.45, 7) is 0.566. The second kappa shape index (κ2) is 6.73. The van der Waals surface area contributed by atoms with Crippen molar-refractivity contribution >= 4 is 5.97 Å². The monoisotopic (exact) mass is 329 g/mol. The third-order valence-electron chi connectivity index (χ3n) is 3.09. The normalized spacial score (nSPS) is 11.9. The minimum atomic E-state index is -4.40. The molecule has 0 atom stereocenters. The van der Waals surface area contributed by atoms with Crippen LogP contribution in [0.2, 0.25) is 0 Å². The van der Waals surface area contributed by atoms with Crippen molar-refractivity contribution in [2.75, 3.05) is 13.6 Å². The van der Waals surface area contributed by atoms with Gasteiger partial charge in [0.1, 0.15) is 0 Å². The highest BCUT2D eigenvalue weighted by atomic mass is 19.4. The van der Waals surface area contributed by atoms with E-state index in [1.165, 1.54) is 16.8 Å². The average molecular weight is 329 g/mol. The summed E-state index contributed by atoms with van der Waals surface area (Å²) in [4.78, 5) is 12.3. The largest absolute Gasteiger partial charge is 0.481 e. The minimum Gasteiger partial charge on any atom is -0.481 e. The zero-order valence-electron chi connectivity index (χ0n) is 12.2. The highest BCUT2D eigenvalue weighted by Crippen LogP contribution is 2.29. The van der Waals surface area contributed by atoms with Gasteiger partial charge >= 0.3 is 12.1 Å². The molecule has 0 saturated heterocycles. The maximum absolute atomic E-state index is 12.6. The highest BCUT2D eigenvalue weighted by Gasteiger charge is 2.30. The predicted octanol–water partition coefficient (Wildman–Crippen LogP) is 1.59. The van der Waals surface area contributed by atoms with Crippen molar-refractivity contribution in [1.29, 1.82) is 0 Å². The molecular formula is C13H14F3N5O2. The lowest BCUT2D eigenvalue weighted by Gasteiger charge is -2.15. The first kappa shape index (κ1) is 16.9. The molecular weight excluding hydrogens is 315 g/mol. The second-order valence-electron chi connectivity index (χ2n) is 4.93. The number of nitrogens with zero attached hydrogens (tertiary/aromatic N) is 5. The summed E-state index contributed by atoms with van der Waals surface area (Å²) in [6.07, 6.45) is -4.43. The van der Waals surface area contributed by atoms with E-state index in [0.717, 1.165) is 12.1 Å². The van der Waals surface area contributed by atoms with E-state index >= 15 is 0 Å². The summed E-state index contributed by atoms with van der Waals surface area (Å²) < 4.78 is 39.0. The quantitative estimate of drug-likeness (QED) is 0.866. The Bertz CT molecular complexity index is 669. The number of alkyl halides is 3. The summed E-state index contributed by atoms with van der Waals surface area (Å²) in [7, 11) is 1.70. The smallest absolute Gasteiger partial charge is 0.416 e. The van der Waals surface area contributed by atoms with Crippen molar-refractivity contribution in [3.05, 3.63) is 35.7 Å². The Hall–Kier alpha value is -2.49. The first-order valence-electron chi connectivity index (χ1n) is 6.62.